The van der Waals surface area contributed by atoms with E-state index < -0.39 is 0 Å². The fourth-order valence-electron chi connectivity index (χ4n) is 7.37. The van der Waals surface area contributed by atoms with Gasteiger partial charge in [-0.3, -0.25) is 0 Å². The number of fused-ring (bicyclic) bond motifs is 8. The first kappa shape index (κ1) is 28.3. The van der Waals surface area contributed by atoms with Crippen LogP contribution in [0.2, 0.25) is 0 Å². The first-order chi connectivity index (χ1) is 24.3. The molecule has 0 N–H and O–H groups in total. The van der Waals surface area contributed by atoms with Gasteiger partial charge in [0.15, 0.2) is 0 Å². The van der Waals surface area contributed by atoms with Crippen molar-refractivity contribution >= 4 is 90.9 Å². The quantitative estimate of drug-likeness (QED) is 0.178. The second kappa shape index (κ2) is 11.5. The Morgan fingerprint density at radius 1 is 0.367 bits per heavy atom. The molecule has 3 heteroatoms. The molecule has 0 radical (unpaired) electrons. The maximum Gasteiger partial charge on any atom is 0.0554 e. The molecule has 0 fully saturated rings. The molecule has 2 heterocycles. The molecule has 0 spiro atoms. The average Bonchev–Trinajstić information content (AvgIpc) is 3.75. The maximum absolute atomic E-state index is 2.45. The van der Waals surface area contributed by atoms with Gasteiger partial charge in [0.1, 0.15) is 0 Å². The Kier molecular flexibility index (Phi) is 6.61. The van der Waals surface area contributed by atoms with E-state index >= 15 is 0 Å². The lowest BCUT2D eigenvalue weighted by Gasteiger charge is -2.28. The van der Waals surface area contributed by atoms with Gasteiger partial charge in [-0.2, -0.15) is 0 Å². The average molecular weight is 660 g/mol. The Labute approximate surface area is 292 Å². The van der Waals surface area contributed by atoms with Gasteiger partial charge in [0, 0.05) is 57.1 Å². The molecule has 1 nitrogen and oxygen atoms in total. The first-order valence-electron chi connectivity index (χ1n) is 16.6. The molecule has 0 saturated carbocycles. The largest absolute Gasteiger partial charge is 0.310 e. The van der Waals surface area contributed by atoms with Crippen LogP contribution in [0.1, 0.15) is 0 Å². The smallest absolute Gasteiger partial charge is 0.0554 e. The molecule has 0 bridgehead atoms. The molecule has 49 heavy (non-hydrogen) atoms. The summed E-state index contributed by atoms with van der Waals surface area (Å²) in [6.45, 7) is 0. The first-order valence-corrected chi connectivity index (χ1v) is 18.2. The van der Waals surface area contributed by atoms with Gasteiger partial charge in [0.05, 0.1) is 5.69 Å². The summed E-state index contributed by atoms with van der Waals surface area (Å²) < 4.78 is 5.30. The molecular weight excluding hydrogens is 631 g/mol. The fraction of sp³-hybridized carbons (Fsp3) is 0. The lowest BCUT2D eigenvalue weighted by Crippen LogP contribution is -2.10. The second-order valence-corrected chi connectivity index (χ2v) is 14.6. The van der Waals surface area contributed by atoms with Crippen LogP contribution in [0.3, 0.4) is 0 Å². The Morgan fingerprint density at radius 3 is 1.78 bits per heavy atom. The predicted octanol–water partition coefficient (Wildman–Crippen LogP) is 14.4. The zero-order valence-electron chi connectivity index (χ0n) is 26.5. The molecule has 10 aromatic rings. The molecule has 0 atom stereocenters. The third-order valence-corrected chi connectivity index (χ3v) is 12.1. The van der Waals surface area contributed by atoms with Crippen molar-refractivity contribution in [3.63, 3.8) is 0 Å². The van der Waals surface area contributed by atoms with Crippen LogP contribution in [0.5, 0.6) is 0 Å². The summed E-state index contributed by atoms with van der Waals surface area (Å²) in [4.78, 5) is 2.45. The van der Waals surface area contributed by atoms with Gasteiger partial charge in [-0.05, 0) is 70.1 Å². The number of rotatable bonds is 5. The van der Waals surface area contributed by atoms with Gasteiger partial charge in [-0.15, -0.1) is 22.7 Å². The van der Waals surface area contributed by atoms with Gasteiger partial charge in [0.25, 0.3) is 0 Å². The van der Waals surface area contributed by atoms with Gasteiger partial charge in [0.2, 0.25) is 0 Å². The summed E-state index contributed by atoms with van der Waals surface area (Å²) in [5.74, 6) is 0. The monoisotopic (exact) mass is 659 g/mol. The van der Waals surface area contributed by atoms with Crippen molar-refractivity contribution in [2.45, 2.75) is 0 Å². The maximum atomic E-state index is 2.45. The Morgan fingerprint density at radius 2 is 0.980 bits per heavy atom. The number of benzene rings is 8. The zero-order chi connectivity index (χ0) is 32.3. The molecule has 0 unspecified atom stereocenters. The van der Waals surface area contributed by atoms with Crippen molar-refractivity contribution in [3.05, 3.63) is 176 Å². The topological polar surface area (TPSA) is 3.24 Å². The number of hydrogen-bond donors (Lipinski definition) is 0. The highest BCUT2D eigenvalue weighted by molar-refractivity contribution is 7.27. The molecule has 8 aromatic carbocycles. The number of hydrogen-bond acceptors (Lipinski definition) is 3. The minimum Gasteiger partial charge on any atom is -0.310 e. The SMILES string of the molecule is c1ccc(-c2ccc(N(c3cccc(-c4cccc5c4sc4ccccc45)c3)c3cccc4ccc5c6ccccc6sc5c34)cc2)cc1. The van der Waals surface area contributed by atoms with E-state index in [-0.39, 0.29) is 0 Å². The summed E-state index contributed by atoms with van der Waals surface area (Å²) in [5, 5.41) is 7.79. The van der Waals surface area contributed by atoms with E-state index in [0.29, 0.717) is 0 Å². The summed E-state index contributed by atoms with van der Waals surface area (Å²) in [5.41, 5.74) is 8.35. The highest BCUT2D eigenvalue weighted by atomic mass is 32.1. The molecule has 2 aromatic heterocycles. The predicted molar refractivity (Wildman–Crippen MR) is 215 cm³/mol. The van der Waals surface area contributed by atoms with Crippen molar-refractivity contribution in [1.82, 2.24) is 0 Å². The third-order valence-electron chi connectivity index (χ3n) is 9.66. The summed E-state index contributed by atoms with van der Waals surface area (Å²) >= 11 is 3.77. The van der Waals surface area contributed by atoms with Crippen molar-refractivity contribution in [2.24, 2.45) is 0 Å². The van der Waals surface area contributed by atoms with E-state index in [9.17, 15) is 0 Å². The van der Waals surface area contributed by atoms with Gasteiger partial charge >= 0.3 is 0 Å². The Hall–Kier alpha value is -5.74. The van der Waals surface area contributed by atoms with E-state index in [1.54, 1.807) is 0 Å². The van der Waals surface area contributed by atoms with Crippen LogP contribution in [0.15, 0.2) is 176 Å². The normalized spacial score (nSPS) is 11.7. The van der Waals surface area contributed by atoms with Crippen LogP contribution in [-0.2, 0) is 0 Å². The molecule has 10 rings (SSSR count). The van der Waals surface area contributed by atoms with Crippen LogP contribution in [-0.4, -0.2) is 0 Å². The van der Waals surface area contributed by atoms with E-state index in [2.05, 4.69) is 181 Å². The van der Waals surface area contributed by atoms with Gasteiger partial charge in [-0.1, -0.05) is 133 Å². The summed E-state index contributed by atoms with van der Waals surface area (Å²) in [6.07, 6.45) is 0. The van der Waals surface area contributed by atoms with Crippen LogP contribution in [0, 0.1) is 0 Å². The lowest BCUT2D eigenvalue weighted by atomic mass is 10.00. The minimum absolute atomic E-state index is 1.13. The van der Waals surface area contributed by atoms with Crippen LogP contribution < -0.4 is 4.90 Å². The molecule has 0 aliphatic heterocycles. The molecule has 0 saturated heterocycles. The molecule has 230 valence electrons. The second-order valence-electron chi connectivity index (χ2n) is 12.5. The van der Waals surface area contributed by atoms with Crippen molar-refractivity contribution in [2.75, 3.05) is 4.90 Å². The third kappa shape index (κ3) is 4.66. The summed E-state index contributed by atoms with van der Waals surface area (Å²) in [6, 6.07) is 64.3. The van der Waals surface area contributed by atoms with Gasteiger partial charge in [-0.25, -0.2) is 0 Å². The molecule has 0 aliphatic carbocycles. The highest BCUT2D eigenvalue weighted by Gasteiger charge is 2.20. The summed E-state index contributed by atoms with van der Waals surface area (Å²) in [7, 11) is 0. The zero-order valence-corrected chi connectivity index (χ0v) is 28.1. The van der Waals surface area contributed by atoms with Gasteiger partial charge < -0.3 is 4.90 Å². The van der Waals surface area contributed by atoms with Crippen molar-refractivity contribution < 1.29 is 0 Å². The van der Waals surface area contributed by atoms with E-state index in [4.69, 9.17) is 0 Å². The molecular formula is C46H29NS2. The fourth-order valence-corrected chi connectivity index (χ4v) is 9.87. The Balaban J connectivity index is 1.21. The van der Waals surface area contributed by atoms with Crippen LogP contribution >= 0.6 is 22.7 Å². The Bertz CT molecular complexity index is 2830. The standard InChI is InChI=1S/C46H29NS2/c1-2-11-30(12-3-1)31-23-26-34(27-24-31)47(41-20-9-13-32-25-28-40-38-17-5-7-22-43(38)49-46(40)44(32)41)35-15-8-14-33(29-35)36-18-10-19-39-37-16-4-6-21-42(37)48-45(36)39/h1-29H. The number of nitrogens with zero attached hydrogens (tertiary/aromatic N) is 1. The highest BCUT2D eigenvalue weighted by Crippen LogP contribution is 2.47. The van der Waals surface area contributed by atoms with Crippen LogP contribution in [0.4, 0.5) is 17.1 Å². The van der Waals surface area contributed by atoms with Crippen LogP contribution in [0.25, 0.3) is 73.4 Å². The molecule has 0 aliphatic rings. The number of anilines is 3. The van der Waals surface area contributed by atoms with E-state index in [1.807, 2.05) is 22.7 Å². The molecule has 0 amide bonds. The lowest BCUT2D eigenvalue weighted by molar-refractivity contribution is 1.30. The van der Waals surface area contributed by atoms with E-state index in [0.717, 1.165) is 11.4 Å². The van der Waals surface area contributed by atoms with E-state index in [1.165, 1.54) is 79.1 Å². The number of thiophene rings is 2. The van der Waals surface area contributed by atoms with Crippen molar-refractivity contribution in [1.29, 1.82) is 0 Å². The van der Waals surface area contributed by atoms with Crippen molar-refractivity contribution in [3.8, 4) is 22.3 Å². The minimum atomic E-state index is 1.13.